The van der Waals surface area contributed by atoms with E-state index in [1.807, 2.05) is 24.3 Å². The van der Waals surface area contributed by atoms with Gasteiger partial charge in [0, 0.05) is 45.8 Å². The number of amides is 1. The highest BCUT2D eigenvalue weighted by Crippen LogP contribution is 2.26. The van der Waals surface area contributed by atoms with Crippen LogP contribution in [-0.2, 0) is 27.2 Å². The molecule has 0 radical (unpaired) electrons. The highest BCUT2D eigenvalue weighted by Gasteiger charge is 2.17. The average Bonchev–Trinajstić information content (AvgIpc) is 3.09. The maximum absolute atomic E-state index is 14.4. The fourth-order valence-electron chi connectivity index (χ4n) is 4.54. The number of nitrogens with two attached hydrogens (primary N) is 1. The summed E-state index contributed by atoms with van der Waals surface area (Å²) in [6, 6.07) is 12.5. The first kappa shape index (κ1) is 28.4. The molecule has 1 unspecified atom stereocenters. The molecule has 3 N–H and O–H groups in total. The van der Waals surface area contributed by atoms with Crippen LogP contribution in [0.2, 0.25) is 0 Å². The van der Waals surface area contributed by atoms with Gasteiger partial charge in [0.15, 0.2) is 5.58 Å². The SMILES string of the molecule is N#CCCc1ccc(-c2ccc3oc(=O)n(CCN4CCOCC4)c3c2)cc1F.NC(=O)C1CNCCCO1. The highest BCUT2D eigenvalue weighted by molar-refractivity contribution is 5.81. The molecule has 2 saturated heterocycles. The van der Waals surface area contributed by atoms with E-state index in [2.05, 4.69) is 10.2 Å². The molecule has 0 aliphatic carbocycles. The molecular weight excluding hydrogens is 505 g/mol. The lowest BCUT2D eigenvalue weighted by Crippen LogP contribution is -2.38. The van der Waals surface area contributed by atoms with E-state index < -0.39 is 6.10 Å². The average molecular weight is 540 g/mol. The van der Waals surface area contributed by atoms with Gasteiger partial charge in [0.1, 0.15) is 11.9 Å². The van der Waals surface area contributed by atoms with Crippen molar-refractivity contribution in [2.75, 3.05) is 52.5 Å². The molecule has 10 nitrogen and oxygen atoms in total. The molecule has 208 valence electrons. The van der Waals surface area contributed by atoms with Gasteiger partial charge in [-0.05, 0) is 54.3 Å². The van der Waals surface area contributed by atoms with Crippen LogP contribution >= 0.6 is 0 Å². The Morgan fingerprint density at radius 3 is 2.64 bits per heavy atom. The summed E-state index contributed by atoms with van der Waals surface area (Å²) in [6.07, 6.45) is 1.20. The van der Waals surface area contributed by atoms with Crippen molar-refractivity contribution in [1.29, 1.82) is 5.26 Å². The summed E-state index contributed by atoms with van der Waals surface area (Å²) in [5.41, 5.74) is 8.32. The number of aromatic nitrogens is 1. The maximum Gasteiger partial charge on any atom is 0.419 e. The standard InChI is InChI=1S/C22H22FN3O3.C6H12N2O2/c23-19-14-17(4-3-16(19)2-1-7-24)18-5-6-21-20(15-18)26(22(27)29-21)9-8-25-10-12-28-13-11-25;7-6(9)5-4-8-2-1-3-10-5/h3-6,14-15H,1-2,8-13H2;5,8H,1-4H2,(H2,7,9). The predicted molar refractivity (Wildman–Crippen MR) is 143 cm³/mol. The van der Waals surface area contributed by atoms with Crippen LogP contribution < -0.4 is 16.8 Å². The smallest absolute Gasteiger partial charge is 0.408 e. The second-order valence-electron chi connectivity index (χ2n) is 9.44. The van der Waals surface area contributed by atoms with Gasteiger partial charge in [0.05, 0.1) is 24.8 Å². The Morgan fingerprint density at radius 2 is 1.90 bits per heavy atom. The van der Waals surface area contributed by atoms with Gasteiger partial charge in [-0.2, -0.15) is 5.26 Å². The number of rotatable bonds is 7. The van der Waals surface area contributed by atoms with Crippen molar-refractivity contribution in [3.63, 3.8) is 0 Å². The minimum atomic E-state index is -0.428. The number of nitriles is 1. The number of halogens is 1. The molecule has 0 saturated carbocycles. The molecular formula is C28H34FN5O5. The quantitative estimate of drug-likeness (QED) is 0.466. The number of carbonyl (C=O) groups is 1. The van der Waals surface area contributed by atoms with E-state index in [1.54, 1.807) is 16.7 Å². The number of hydrogen-bond donors (Lipinski definition) is 2. The van der Waals surface area contributed by atoms with Crippen LogP contribution in [0.3, 0.4) is 0 Å². The van der Waals surface area contributed by atoms with Crippen LogP contribution in [0, 0.1) is 17.1 Å². The van der Waals surface area contributed by atoms with E-state index in [-0.39, 0.29) is 23.9 Å². The van der Waals surface area contributed by atoms with Crippen molar-refractivity contribution in [2.45, 2.75) is 31.9 Å². The first-order valence-corrected chi connectivity index (χ1v) is 13.2. The third-order valence-electron chi connectivity index (χ3n) is 6.77. The zero-order valence-corrected chi connectivity index (χ0v) is 21.9. The summed E-state index contributed by atoms with van der Waals surface area (Å²) in [4.78, 5) is 25.1. The van der Waals surface area contributed by atoms with Crippen LogP contribution in [0.4, 0.5) is 4.39 Å². The number of oxazole rings is 1. The van der Waals surface area contributed by atoms with Gasteiger partial charge in [0.25, 0.3) is 0 Å². The number of hydrogen-bond acceptors (Lipinski definition) is 8. The molecule has 3 aromatic rings. The number of fused-ring (bicyclic) bond motifs is 1. The molecule has 1 aromatic heterocycles. The number of ether oxygens (including phenoxy) is 2. The summed E-state index contributed by atoms with van der Waals surface area (Å²) in [7, 11) is 0. The Balaban J connectivity index is 0.000000298. The van der Waals surface area contributed by atoms with Crippen molar-refractivity contribution in [1.82, 2.24) is 14.8 Å². The van der Waals surface area contributed by atoms with Gasteiger partial charge in [-0.1, -0.05) is 18.2 Å². The fraction of sp³-hybridized carbons (Fsp3) is 0.464. The fourth-order valence-corrected chi connectivity index (χ4v) is 4.54. The summed E-state index contributed by atoms with van der Waals surface area (Å²) in [5, 5.41) is 11.7. The van der Waals surface area contributed by atoms with Crippen molar-refractivity contribution >= 4 is 17.0 Å². The lowest BCUT2D eigenvalue weighted by Gasteiger charge is -2.26. The molecule has 2 aromatic carbocycles. The molecule has 39 heavy (non-hydrogen) atoms. The molecule has 2 aliphatic heterocycles. The molecule has 1 amide bonds. The van der Waals surface area contributed by atoms with Crippen molar-refractivity contribution in [3.8, 4) is 17.2 Å². The Kier molecular flexibility index (Phi) is 10.2. The Morgan fingerprint density at radius 1 is 1.13 bits per heavy atom. The van der Waals surface area contributed by atoms with Crippen LogP contribution in [0.1, 0.15) is 18.4 Å². The van der Waals surface area contributed by atoms with Crippen LogP contribution in [0.25, 0.3) is 22.2 Å². The Bertz CT molecular complexity index is 1350. The Hall–Kier alpha value is -3.56. The first-order chi connectivity index (χ1) is 19.0. The number of carbonyl (C=O) groups excluding carboxylic acids is 1. The Labute approximate surface area is 226 Å². The lowest BCUT2D eigenvalue weighted by molar-refractivity contribution is -0.128. The first-order valence-electron chi connectivity index (χ1n) is 13.2. The number of benzene rings is 2. The van der Waals surface area contributed by atoms with E-state index in [9.17, 15) is 14.0 Å². The zero-order chi connectivity index (χ0) is 27.6. The van der Waals surface area contributed by atoms with Gasteiger partial charge >= 0.3 is 5.76 Å². The second-order valence-corrected chi connectivity index (χ2v) is 9.44. The minimum absolute atomic E-state index is 0.284. The maximum atomic E-state index is 14.4. The van der Waals surface area contributed by atoms with Crippen molar-refractivity contribution in [2.24, 2.45) is 5.73 Å². The predicted octanol–water partition coefficient (Wildman–Crippen LogP) is 2.04. The van der Waals surface area contributed by atoms with E-state index in [0.29, 0.717) is 56.0 Å². The number of morpholine rings is 1. The molecule has 2 fully saturated rings. The summed E-state index contributed by atoms with van der Waals surface area (Å²) < 4.78 is 31.9. The number of nitrogens with zero attached hydrogens (tertiary/aromatic N) is 3. The van der Waals surface area contributed by atoms with Crippen molar-refractivity contribution in [3.05, 3.63) is 58.3 Å². The summed E-state index contributed by atoms with van der Waals surface area (Å²) in [6.45, 7) is 6.48. The third-order valence-corrected chi connectivity index (χ3v) is 6.77. The highest BCUT2D eigenvalue weighted by atomic mass is 19.1. The topological polar surface area (TPSA) is 136 Å². The van der Waals surface area contributed by atoms with Gasteiger partial charge < -0.3 is 24.9 Å². The van der Waals surface area contributed by atoms with Gasteiger partial charge in [-0.25, -0.2) is 9.18 Å². The van der Waals surface area contributed by atoms with Crippen molar-refractivity contribution < 1.29 is 23.1 Å². The molecule has 11 heteroatoms. The normalized spacial score (nSPS) is 18.1. The van der Waals surface area contributed by atoms with Crippen LogP contribution in [-0.4, -0.2) is 74.0 Å². The third kappa shape index (κ3) is 7.74. The molecule has 2 aliphatic rings. The molecule has 0 spiro atoms. The van der Waals surface area contributed by atoms with Crippen LogP contribution in [0.5, 0.6) is 0 Å². The molecule has 3 heterocycles. The van der Waals surface area contributed by atoms with Gasteiger partial charge in [-0.3, -0.25) is 14.3 Å². The minimum Gasteiger partial charge on any atom is -0.408 e. The van der Waals surface area contributed by atoms with E-state index >= 15 is 0 Å². The molecule has 1 atom stereocenters. The number of primary amides is 1. The van der Waals surface area contributed by atoms with E-state index in [4.69, 9.17) is 24.9 Å². The summed E-state index contributed by atoms with van der Waals surface area (Å²) in [5.74, 6) is -1.09. The molecule has 0 bridgehead atoms. The summed E-state index contributed by atoms with van der Waals surface area (Å²) >= 11 is 0. The van der Waals surface area contributed by atoms with Gasteiger partial charge in [-0.15, -0.1) is 0 Å². The zero-order valence-electron chi connectivity index (χ0n) is 21.9. The number of nitrogens with one attached hydrogen (secondary N) is 1. The molecule has 5 rings (SSSR count). The largest absolute Gasteiger partial charge is 0.419 e. The van der Waals surface area contributed by atoms with E-state index in [0.717, 1.165) is 43.7 Å². The van der Waals surface area contributed by atoms with Crippen LogP contribution in [0.15, 0.2) is 45.6 Å². The lowest BCUT2D eigenvalue weighted by atomic mass is 10.0. The monoisotopic (exact) mass is 539 g/mol. The number of aryl methyl sites for hydroxylation is 1. The van der Waals surface area contributed by atoms with E-state index in [1.165, 1.54) is 6.07 Å². The van der Waals surface area contributed by atoms with Gasteiger partial charge in [0.2, 0.25) is 5.91 Å². The second kappa shape index (κ2) is 14.0.